The number of nitrogens with zero attached hydrogens (tertiary/aromatic N) is 4. The first kappa shape index (κ1) is 12.3. The Hall–Kier alpha value is -2.48. The van der Waals surface area contributed by atoms with Crippen LogP contribution in [-0.2, 0) is 4.74 Å². The second kappa shape index (κ2) is 4.81. The van der Waals surface area contributed by atoms with E-state index in [1.165, 1.54) is 12.1 Å². The lowest BCUT2D eigenvalue weighted by Gasteiger charge is -2.17. The zero-order chi connectivity index (χ0) is 14.2. The maximum absolute atomic E-state index is 13.2. The predicted molar refractivity (Wildman–Crippen MR) is 71.3 cm³/mol. The topological polar surface area (TPSA) is 78.0 Å². The standard InChI is InChI=1S/C13H12FN5O2/c14-8-1-2-12-9(5-8)16-13(21-12)17-10-6-20-7-11(10)19-4-3-15-18-19/h1-5,10-11H,6-7H2,(H,16,17)/t10-,11+/m0/s1. The minimum atomic E-state index is -0.341. The fraction of sp³-hybridized carbons (Fsp3) is 0.308. The number of oxazole rings is 1. The summed E-state index contributed by atoms with van der Waals surface area (Å²) < 4.78 is 25.9. The van der Waals surface area contributed by atoms with E-state index in [0.29, 0.717) is 30.3 Å². The van der Waals surface area contributed by atoms with Gasteiger partial charge in [0.15, 0.2) is 5.58 Å². The van der Waals surface area contributed by atoms with Gasteiger partial charge in [-0.2, -0.15) is 4.98 Å². The maximum atomic E-state index is 13.2. The SMILES string of the molecule is Fc1ccc2oc(N[C@H]3COC[C@H]3n3ccnn3)nc2c1. The Kier molecular flexibility index (Phi) is 2.81. The van der Waals surface area contributed by atoms with Crippen LogP contribution in [0.5, 0.6) is 0 Å². The van der Waals surface area contributed by atoms with E-state index in [4.69, 9.17) is 9.15 Å². The summed E-state index contributed by atoms with van der Waals surface area (Å²) >= 11 is 0. The summed E-state index contributed by atoms with van der Waals surface area (Å²) in [7, 11) is 0. The summed E-state index contributed by atoms with van der Waals surface area (Å²) in [5.74, 6) is -0.341. The van der Waals surface area contributed by atoms with E-state index in [-0.39, 0.29) is 17.9 Å². The van der Waals surface area contributed by atoms with Gasteiger partial charge < -0.3 is 14.5 Å². The Morgan fingerprint density at radius 2 is 2.29 bits per heavy atom. The molecule has 2 aromatic heterocycles. The highest BCUT2D eigenvalue weighted by molar-refractivity contribution is 5.74. The third-order valence-corrected chi connectivity index (χ3v) is 3.49. The van der Waals surface area contributed by atoms with Crippen LogP contribution in [0, 0.1) is 5.82 Å². The molecule has 0 unspecified atom stereocenters. The van der Waals surface area contributed by atoms with E-state index in [1.54, 1.807) is 23.1 Å². The molecule has 7 nitrogen and oxygen atoms in total. The molecule has 0 spiro atoms. The van der Waals surface area contributed by atoms with Gasteiger partial charge in [0.25, 0.3) is 6.01 Å². The van der Waals surface area contributed by atoms with Crippen LogP contribution in [0.4, 0.5) is 10.4 Å². The lowest BCUT2D eigenvalue weighted by atomic mass is 10.2. The Labute approximate surface area is 118 Å². The summed E-state index contributed by atoms with van der Waals surface area (Å²) in [5, 5.41) is 11.0. The van der Waals surface area contributed by atoms with Gasteiger partial charge in [-0.3, -0.25) is 0 Å². The van der Waals surface area contributed by atoms with Gasteiger partial charge in [-0.1, -0.05) is 5.21 Å². The second-order valence-corrected chi connectivity index (χ2v) is 4.87. The van der Waals surface area contributed by atoms with Crippen molar-refractivity contribution in [3.05, 3.63) is 36.4 Å². The zero-order valence-corrected chi connectivity index (χ0v) is 10.9. The van der Waals surface area contributed by atoms with Crippen molar-refractivity contribution >= 4 is 17.1 Å². The molecule has 8 heteroatoms. The maximum Gasteiger partial charge on any atom is 0.296 e. The second-order valence-electron chi connectivity index (χ2n) is 4.87. The number of fused-ring (bicyclic) bond motifs is 1. The van der Waals surface area contributed by atoms with Crippen molar-refractivity contribution in [2.24, 2.45) is 0 Å². The average Bonchev–Trinajstić information content (AvgIpc) is 3.16. The Morgan fingerprint density at radius 3 is 3.14 bits per heavy atom. The molecule has 0 radical (unpaired) electrons. The number of benzene rings is 1. The van der Waals surface area contributed by atoms with Gasteiger partial charge in [0.05, 0.1) is 31.5 Å². The van der Waals surface area contributed by atoms with Crippen molar-refractivity contribution in [1.82, 2.24) is 20.0 Å². The van der Waals surface area contributed by atoms with E-state index in [2.05, 4.69) is 20.6 Å². The lowest BCUT2D eigenvalue weighted by Crippen LogP contribution is -2.30. The van der Waals surface area contributed by atoms with Crippen LogP contribution in [0.25, 0.3) is 11.1 Å². The first-order valence-electron chi connectivity index (χ1n) is 6.56. The van der Waals surface area contributed by atoms with Crippen LogP contribution in [-0.4, -0.2) is 39.2 Å². The molecule has 1 aliphatic heterocycles. The first-order chi connectivity index (χ1) is 10.3. The van der Waals surface area contributed by atoms with Crippen molar-refractivity contribution in [3.8, 4) is 0 Å². The normalized spacial score (nSPS) is 22.0. The van der Waals surface area contributed by atoms with Crippen molar-refractivity contribution in [2.75, 3.05) is 18.5 Å². The van der Waals surface area contributed by atoms with Crippen LogP contribution in [0.2, 0.25) is 0 Å². The molecule has 3 aromatic rings. The van der Waals surface area contributed by atoms with E-state index in [9.17, 15) is 4.39 Å². The number of aromatic nitrogens is 4. The highest BCUT2D eigenvalue weighted by atomic mass is 19.1. The quantitative estimate of drug-likeness (QED) is 0.789. The number of nitrogens with one attached hydrogen (secondary N) is 1. The van der Waals surface area contributed by atoms with Crippen LogP contribution in [0.15, 0.2) is 35.0 Å². The zero-order valence-electron chi connectivity index (χ0n) is 10.9. The Bertz CT molecular complexity index is 757. The molecule has 1 saturated heterocycles. The molecule has 1 N–H and O–H groups in total. The van der Waals surface area contributed by atoms with Crippen molar-refractivity contribution in [2.45, 2.75) is 12.1 Å². The first-order valence-corrected chi connectivity index (χ1v) is 6.56. The molecule has 0 aliphatic carbocycles. The molecule has 2 atom stereocenters. The third-order valence-electron chi connectivity index (χ3n) is 3.49. The van der Waals surface area contributed by atoms with Crippen LogP contribution in [0.3, 0.4) is 0 Å². The molecule has 1 fully saturated rings. The van der Waals surface area contributed by atoms with Crippen molar-refractivity contribution < 1.29 is 13.5 Å². The van der Waals surface area contributed by atoms with Crippen LogP contribution < -0.4 is 5.32 Å². The van der Waals surface area contributed by atoms with E-state index < -0.39 is 0 Å². The monoisotopic (exact) mass is 289 g/mol. The van der Waals surface area contributed by atoms with Gasteiger partial charge in [0.1, 0.15) is 11.3 Å². The summed E-state index contributed by atoms with van der Waals surface area (Å²) in [5.41, 5.74) is 1.02. The molecule has 108 valence electrons. The molecular formula is C13H12FN5O2. The number of halogens is 1. The Morgan fingerprint density at radius 1 is 1.33 bits per heavy atom. The molecule has 0 amide bonds. The number of hydrogen-bond acceptors (Lipinski definition) is 6. The average molecular weight is 289 g/mol. The highest BCUT2D eigenvalue weighted by Gasteiger charge is 2.31. The fourth-order valence-electron chi connectivity index (χ4n) is 2.46. The molecule has 0 saturated carbocycles. The molecule has 1 aliphatic rings. The van der Waals surface area contributed by atoms with Crippen LogP contribution >= 0.6 is 0 Å². The molecule has 3 heterocycles. The number of anilines is 1. The molecule has 1 aromatic carbocycles. The number of hydrogen-bond donors (Lipinski definition) is 1. The highest BCUT2D eigenvalue weighted by Crippen LogP contribution is 2.25. The smallest absolute Gasteiger partial charge is 0.296 e. The van der Waals surface area contributed by atoms with Crippen molar-refractivity contribution in [1.29, 1.82) is 0 Å². The van der Waals surface area contributed by atoms with E-state index in [0.717, 1.165) is 0 Å². The van der Waals surface area contributed by atoms with Crippen LogP contribution in [0.1, 0.15) is 6.04 Å². The predicted octanol–water partition coefficient (Wildman–Crippen LogP) is 1.61. The van der Waals surface area contributed by atoms with Gasteiger partial charge >= 0.3 is 0 Å². The van der Waals surface area contributed by atoms with Gasteiger partial charge in [-0.15, -0.1) is 5.10 Å². The van der Waals surface area contributed by atoms with E-state index in [1.807, 2.05) is 0 Å². The van der Waals surface area contributed by atoms with Crippen molar-refractivity contribution in [3.63, 3.8) is 0 Å². The summed E-state index contributed by atoms with van der Waals surface area (Å²) in [4.78, 5) is 4.23. The summed E-state index contributed by atoms with van der Waals surface area (Å²) in [6.07, 6.45) is 3.41. The molecular weight excluding hydrogens is 277 g/mol. The Balaban J connectivity index is 1.59. The van der Waals surface area contributed by atoms with Gasteiger partial charge in [0, 0.05) is 12.3 Å². The molecule has 4 rings (SSSR count). The van der Waals surface area contributed by atoms with Gasteiger partial charge in [0.2, 0.25) is 0 Å². The van der Waals surface area contributed by atoms with Gasteiger partial charge in [-0.25, -0.2) is 9.07 Å². The number of ether oxygens (including phenoxy) is 1. The fourth-order valence-corrected chi connectivity index (χ4v) is 2.46. The minimum absolute atomic E-state index is 0.0132. The van der Waals surface area contributed by atoms with E-state index >= 15 is 0 Å². The number of rotatable bonds is 3. The molecule has 21 heavy (non-hydrogen) atoms. The minimum Gasteiger partial charge on any atom is -0.424 e. The summed E-state index contributed by atoms with van der Waals surface area (Å²) in [6.45, 7) is 1.05. The molecule has 0 bridgehead atoms. The third kappa shape index (κ3) is 2.23. The lowest BCUT2D eigenvalue weighted by molar-refractivity contribution is 0.183. The van der Waals surface area contributed by atoms with Gasteiger partial charge in [-0.05, 0) is 12.1 Å². The largest absolute Gasteiger partial charge is 0.424 e. The summed E-state index contributed by atoms with van der Waals surface area (Å²) in [6, 6.07) is 4.56.